The average molecular weight is 553 g/mol. The lowest BCUT2D eigenvalue weighted by molar-refractivity contribution is -0.110. The Morgan fingerprint density at radius 3 is 2.57 bits per heavy atom. The van der Waals surface area contributed by atoms with Crippen LogP contribution in [0.3, 0.4) is 0 Å². The summed E-state index contributed by atoms with van der Waals surface area (Å²) in [6.45, 7) is 2.24. The fraction of sp³-hybridized carbons (Fsp3) is 0.385. The van der Waals surface area contributed by atoms with Gasteiger partial charge in [0.2, 0.25) is 0 Å². The quantitative estimate of drug-likeness (QED) is 0.185. The molecule has 0 radical (unpaired) electrons. The minimum absolute atomic E-state index is 0.181. The SMILES string of the molecule is CCCCOC.NC(=O)c1cc2cc(CP(=O)(Oc3ccccc3)N3CC(F)(F)CC3C=O)ccc2s1. The van der Waals surface area contributed by atoms with Crippen LogP contribution < -0.4 is 10.3 Å². The molecule has 1 aliphatic heterocycles. The van der Waals surface area contributed by atoms with Crippen molar-refractivity contribution in [2.24, 2.45) is 5.73 Å². The maximum atomic E-state index is 14.1. The minimum Gasteiger partial charge on any atom is -0.432 e. The third-order valence-electron chi connectivity index (χ3n) is 5.73. The summed E-state index contributed by atoms with van der Waals surface area (Å²) in [5.41, 5.74) is 5.91. The van der Waals surface area contributed by atoms with Crippen molar-refractivity contribution in [3.63, 3.8) is 0 Å². The van der Waals surface area contributed by atoms with E-state index in [1.807, 2.05) is 0 Å². The molecule has 0 aliphatic carbocycles. The zero-order valence-electron chi connectivity index (χ0n) is 20.8. The highest BCUT2D eigenvalue weighted by atomic mass is 32.1. The zero-order chi connectivity index (χ0) is 27.1. The molecule has 2 unspecified atom stereocenters. The number of nitrogens with zero attached hydrogens (tertiary/aromatic N) is 1. The smallest absolute Gasteiger partial charge is 0.324 e. The van der Waals surface area contributed by atoms with Crippen molar-refractivity contribution in [2.45, 2.75) is 44.3 Å². The number of thiophene rings is 1. The van der Waals surface area contributed by atoms with Crippen molar-refractivity contribution in [2.75, 3.05) is 20.3 Å². The Morgan fingerprint density at radius 2 is 1.97 bits per heavy atom. The van der Waals surface area contributed by atoms with E-state index in [-0.39, 0.29) is 11.9 Å². The topological polar surface area (TPSA) is 98.9 Å². The highest BCUT2D eigenvalue weighted by Gasteiger charge is 2.52. The molecular formula is C26H31F2N2O5PS. The van der Waals surface area contributed by atoms with Crippen LogP contribution in [0.5, 0.6) is 5.75 Å². The van der Waals surface area contributed by atoms with E-state index in [0.29, 0.717) is 16.7 Å². The average Bonchev–Trinajstić information content (AvgIpc) is 3.44. The number of nitrogens with two attached hydrogens (primary N) is 1. The van der Waals surface area contributed by atoms with Gasteiger partial charge in [0, 0.05) is 24.8 Å². The molecule has 2 N–H and O–H groups in total. The predicted octanol–water partition coefficient (Wildman–Crippen LogP) is 6.11. The van der Waals surface area contributed by atoms with Crippen LogP contribution in [-0.2, 0) is 20.3 Å². The number of aldehydes is 1. The van der Waals surface area contributed by atoms with Gasteiger partial charge in [-0.15, -0.1) is 11.3 Å². The molecule has 0 bridgehead atoms. The predicted molar refractivity (Wildman–Crippen MR) is 142 cm³/mol. The largest absolute Gasteiger partial charge is 0.432 e. The first-order valence-electron chi connectivity index (χ1n) is 11.9. The summed E-state index contributed by atoms with van der Waals surface area (Å²) < 4.78 is 54.6. The molecule has 7 nitrogen and oxygen atoms in total. The molecule has 0 spiro atoms. The van der Waals surface area contributed by atoms with Crippen molar-refractivity contribution in [3.05, 3.63) is 65.0 Å². The monoisotopic (exact) mass is 552 g/mol. The molecule has 11 heteroatoms. The molecule has 37 heavy (non-hydrogen) atoms. The number of benzene rings is 2. The van der Waals surface area contributed by atoms with E-state index >= 15 is 0 Å². The van der Waals surface area contributed by atoms with Gasteiger partial charge in [-0.1, -0.05) is 37.6 Å². The minimum atomic E-state index is -3.92. The number of amides is 1. The fourth-order valence-corrected chi connectivity index (χ4v) is 7.30. The van der Waals surface area contributed by atoms with Crippen LogP contribution in [0.4, 0.5) is 8.78 Å². The van der Waals surface area contributed by atoms with E-state index in [2.05, 4.69) is 6.92 Å². The van der Waals surface area contributed by atoms with E-state index in [0.717, 1.165) is 21.4 Å². The van der Waals surface area contributed by atoms with Gasteiger partial charge in [0.25, 0.3) is 11.8 Å². The lowest BCUT2D eigenvalue weighted by Gasteiger charge is -2.30. The standard InChI is InChI=1S/C21H19F2N2O4PS.C5H12O/c22-21(23)10-16(11-26)25(13-21)30(28,29-17-4-2-1-3-5-17)12-14-6-7-18-15(8-14)9-19(31-18)20(24)27;1-3-4-5-6-2/h1-9,11,16H,10,12-13H2,(H2,24,27);3-5H2,1-2H3. The first kappa shape index (κ1) is 28.9. The molecule has 1 fully saturated rings. The number of alkyl halides is 2. The number of rotatable bonds is 10. The maximum absolute atomic E-state index is 14.1. The molecule has 4 rings (SSSR count). The normalized spacial score (nSPS) is 18.5. The Labute approximate surface area is 219 Å². The number of methoxy groups -OCH3 is 1. The van der Waals surface area contributed by atoms with Crippen LogP contribution >= 0.6 is 18.9 Å². The van der Waals surface area contributed by atoms with Gasteiger partial charge >= 0.3 is 7.52 Å². The Hall–Kier alpha value is -2.65. The van der Waals surface area contributed by atoms with E-state index < -0.39 is 38.4 Å². The third kappa shape index (κ3) is 7.68. The number of ether oxygens (including phenoxy) is 1. The molecule has 1 aliphatic rings. The van der Waals surface area contributed by atoms with E-state index in [1.165, 1.54) is 24.2 Å². The molecular weight excluding hydrogens is 521 g/mol. The zero-order valence-corrected chi connectivity index (χ0v) is 22.5. The molecule has 2 aromatic carbocycles. The van der Waals surface area contributed by atoms with Crippen LogP contribution in [0.1, 0.15) is 41.4 Å². The number of carbonyl (C=O) groups excluding carboxylic acids is 2. The lowest BCUT2D eigenvalue weighted by atomic mass is 10.2. The second-order valence-electron chi connectivity index (χ2n) is 8.75. The fourth-order valence-electron chi connectivity index (χ4n) is 3.94. The maximum Gasteiger partial charge on any atom is 0.324 e. The second-order valence-corrected chi connectivity index (χ2v) is 12.1. The van der Waals surface area contributed by atoms with Crippen molar-refractivity contribution >= 4 is 41.1 Å². The highest BCUT2D eigenvalue weighted by molar-refractivity contribution is 7.56. The van der Waals surface area contributed by atoms with Gasteiger partial charge in [0.1, 0.15) is 12.0 Å². The van der Waals surface area contributed by atoms with E-state index in [1.54, 1.807) is 61.7 Å². The summed E-state index contributed by atoms with van der Waals surface area (Å²) in [6, 6.07) is 13.9. The summed E-state index contributed by atoms with van der Waals surface area (Å²) in [4.78, 5) is 23.3. The number of halogens is 2. The number of carbonyl (C=O) groups is 2. The van der Waals surface area contributed by atoms with Gasteiger partial charge in [-0.25, -0.2) is 13.5 Å². The Bertz CT molecular complexity index is 1250. The summed E-state index contributed by atoms with van der Waals surface area (Å²) in [5.74, 6) is -3.43. The van der Waals surface area contributed by atoms with Gasteiger partial charge < -0.3 is 19.8 Å². The van der Waals surface area contributed by atoms with Crippen LogP contribution in [-0.4, -0.2) is 49.1 Å². The number of unbranched alkanes of at least 4 members (excludes halogenated alkanes) is 1. The van der Waals surface area contributed by atoms with Crippen molar-refractivity contribution in [3.8, 4) is 5.75 Å². The van der Waals surface area contributed by atoms with Crippen molar-refractivity contribution in [1.29, 1.82) is 0 Å². The molecule has 200 valence electrons. The van der Waals surface area contributed by atoms with Gasteiger partial charge in [-0.05, 0) is 47.7 Å². The van der Waals surface area contributed by atoms with Gasteiger partial charge in [-0.3, -0.25) is 9.36 Å². The number of primary amides is 1. The molecule has 2 atom stereocenters. The molecule has 0 saturated carbocycles. The Kier molecular flexibility index (Phi) is 9.95. The van der Waals surface area contributed by atoms with Gasteiger partial charge in [0.05, 0.1) is 23.6 Å². The molecule has 1 amide bonds. The molecule has 1 aromatic heterocycles. The highest BCUT2D eigenvalue weighted by Crippen LogP contribution is 2.58. The number of fused-ring (bicyclic) bond motifs is 1. The number of hydrogen-bond acceptors (Lipinski definition) is 6. The molecule has 3 aromatic rings. The first-order valence-corrected chi connectivity index (χ1v) is 14.4. The van der Waals surface area contributed by atoms with Crippen LogP contribution in [0.25, 0.3) is 10.1 Å². The summed E-state index contributed by atoms with van der Waals surface area (Å²) in [6.07, 6.45) is 1.93. The van der Waals surface area contributed by atoms with Gasteiger partial charge in [-0.2, -0.15) is 0 Å². The summed E-state index contributed by atoms with van der Waals surface area (Å²) in [5, 5.41) is 0.723. The van der Waals surface area contributed by atoms with Gasteiger partial charge in [0.15, 0.2) is 0 Å². The first-order chi connectivity index (χ1) is 17.6. The molecule has 1 saturated heterocycles. The van der Waals surface area contributed by atoms with E-state index in [4.69, 9.17) is 15.0 Å². The van der Waals surface area contributed by atoms with Crippen molar-refractivity contribution in [1.82, 2.24) is 4.67 Å². The van der Waals surface area contributed by atoms with Crippen molar-refractivity contribution < 1.29 is 32.2 Å². The number of para-hydroxylation sites is 1. The number of hydrogen-bond donors (Lipinski definition) is 1. The second kappa shape index (κ2) is 12.7. The summed E-state index contributed by atoms with van der Waals surface area (Å²) >= 11 is 1.23. The summed E-state index contributed by atoms with van der Waals surface area (Å²) in [7, 11) is -2.19. The van der Waals surface area contributed by atoms with Crippen LogP contribution in [0.2, 0.25) is 0 Å². The molecule has 2 heterocycles. The Morgan fingerprint density at radius 1 is 1.24 bits per heavy atom. The lowest BCUT2D eigenvalue weighted by Crippen LogP contribution is -2.31. The van der Waals surface area contributed by atoms with Crippen LogP contribution in [0, 0.1) is 0 Å². The van der Waals surface area contributed by atoms with Crippen LogP contribution in [0.15, 0.2) is 54.6 Å². The Balaban J connectivity index is 0.000000568. The third-order valence-corrected chi connectivity index (χ3v) is 9.34. The van der Waals surface area contributed by atoms with E-state index in [9.17, 15) is 22.9 Å².